The van der Waals surface area contributed by atoms with Crippen LogP contribution in [0, 0.1) is 0 Å². The van der Waals surface area contributed by atoms with E-state index in [0.29, 0.717) is 0 Å². The maximum Gasteiger partial charge on any atom is 0.170 e. The lowest BCUT2D eigenvalue weighted by Crippen LogP contribution is -2.14. The summed E-state index contributed by atoms with van der Waals surface area (Å²) in [5, 5.41) is 0.978. The van der Waals surface area contributed by atoms with Crippen LogP contribution < -0.4 is 5.72 Å². The third kappa shape index (κ3) is 2.99. The molecule has 0 N–H and O–H groups in total. The van der Waals surface area contributed by atoms with Crippen LogP contribution in [0.1, 0.15) is 5.56 Å². The molecule has 2 nitrogen and oxygen atoms in total. The van der Waals surface area contributed by atoms with Crippen molar-refractivity contribution in [1.82, 2.24) is 9.97 Å². The van der Waals surface area contributed by atoms with Crippen molar-refractivity contribution in [2.45, 2.75) is 0 Å². The first kappa shape index (κ1) is 15.0. The van der Waals surface area contributed by atoms with Crippen molar-refractivity contribution < 1.29 is 0 Å². The summed E-state index contributed by atoms with van der Waals surface area (Å²) in [5.41, 5.74) is 4.99. The third-order valence-electron chi connectivity index (χ3n) is 3.61. The first-order valence-electron chi connectivity index (χ1n) is 7.31. The number of para-hydroxylation sites is 1. The average Bonchev–Trinajstić information content (AvgIpc) is 2.59. The van der Waals surface area contributed by atoms with E-state index in [0.717, 1.165) is 33.3 Å². The number of fused-ring (bicyclic) bond motifs is 1. The van der Waals surface area contributed by atoms with Crippen molar-refractivity contribution in [3.05, 3.63) is 85.5 Å². The van der Waals surface area contributed by atoms with Crippen LogP contribution in [-0.2, 0) is 0 Å². The molecule has 0 aliphatic heterocycles. The Bertz CT molecular complexity index is 926. The highest BCUT2D eigenvalue weighted by molar-refractivity contribution is 6.29. The Morgan fingerprint density at radius 3 is 2.61 bits per heavy atom. The fourth-order valence-electron chi connectivity index (χ4n) is 2.57. The minimum Gasteiger partial charge on any atom is -0.245 e. The largest absolute Gasteiger partial charge is 0.245 e. The molecule has 0 fully saturated rings. The molecule has 0 unspecified atom stereocenters. The Morgan fingerprint density at radius 1 is 1.00 bits per heavy atom. The number of rotatable bonds is 4. The number of hydrogen-bond acceptors (Lipinski definition) is 2. The Balaban J connectivity index is 2.22. The molecule has 1 heterocycles. The maximum absolute atomic E-state index is 5.87. The summed E-state index contributed by atoms with van der Waals surface area (Å²) in [6.07, 6.45) is 5.49. The first-order chi connectivity index (χ1) is 11.2. The Kier molecular flexibility index (Phi) is 4.20. The Morgan fingerprint density at radius 2 is 1.83 bits per heavy atom. The summed E-state index contributed by atoms with van der Waals surface area (Å²) < 4.78 is 0. The van der Waals surface area contributed by atoms with E-state index in [4.69, 9.17) is 7.85 Å². The van der Waals surface area contributed by atoms with Crippen molar-refractivity contribution >= 4 is 30.0 Å². The van der Waals surface area contributed by atoms with E-state index in [1.54, 1.807) is 6.08 Å². The van der Waals surface area contributed by atoms with Crippen LogP contribution in [-0.4, -0.2) is 17.8 Å². The Labute approximate surface area is 137 Å². The van der Waals surface area contributed by atoms with Crippen molar-refractivity contribution in [2.75, 3.05) is 0 Å². The third-order valence-corrected chi connectivity index (χ3v) is 3.61. The van der Waals surface area contributed by atoms with Crippen LogP contribution >= 0.6 is 0 Å². The second-order valence-corrected chi connectivity index (χ2v) is 5.09. The maximum atomic E-state index is 5.87. The molecular formula is C20H15BN2. The van der Waals surface area contributed by atoms with Gasteiger partial charge in [-0.3, -0.25) is 0 Å². The van der Waals surface area contributed by atoms with Gasteiger partial charge in [-0.15, -0.1) is 0 Å². The molecule has 23 heavy (non-hydrogen) atoms. The van der Waals surface area contributed by atoms with Gasteiger partial charge in [-0.2, -0.15) is 0 Å². The van der Waals surface area contributed by atoms with Crippen molar-refractivity contribution in [3.63, 3.8) is 0 Å². The molecule has 0 aliphatic rings. The van der Waals surface area contributed by atoms with Gasteiger partial charge in [-0.1, -0.05) is 67.8 Å². The van der Waals surface area contributed by atoms with Gasteiger partial charge in [0.15, 0.2) is 7.85 Å². The molecule has 3 heteroatoms. The van der Waals surface area contributed by atoms with Crippen LogP contribution in [0.2, 0.25) is 0 Å². The van der Waals surface area contributed by atoms with Gasteiger partial charge in [0.2, 0.25) is 0 Å². The summed E-state index contributed by atoms with van der Waals surface area (Å²) >= 11 is 0. The fourth-order valence-corrected chi connectivity index (χ4v) is 2.57. The zero-order valence-electron chi connectivity index (χ0n) is 12.7. The molecule has 1 aromatic heterocycles. The summed E-state index contributed by atoms with van der Waals surface area (Å²) in [7, 11) is 5.87. The molecule has 2 aromatic carbocycles. The molecule has 0 aliphatic carbocycles. The zero-order valence-corrected chi connectivity index (χ0v) is 12.7. The monoisotopic (exact) mass is 294 g/mol. The summed E-state index contributed by atoms with van der Waals surface area (Å²) in [4.78, 5) is 8.74. The van der Waals surface area contributed by atoms with E-state index in [-0.39, 0.29) is 5.72 Å². The van der Waals surface area contributed by atoms with Crippen molar-refractivity contribution in [3.8, 4) is 11.3 Å². The van der Waals surface area contributed by atoms with Gasteiger partial charge in [0.25, 0.3) is 0 Å². The summed E-state index contributed by atoms with van der Waals surface area (Å²) in [6.45, 7) is 7.61. The van der Waals surface area contributed by atoms with E-state index < -0.39 is 0 Å². The number of allylic oxidation sites excluding steroid dienone is 4. The summed E-state index contributed by atoms with van der Waals surface area (Å²) in [6, 6.07) is 16.0. The van der Waals surface area contributed by atoms with Crippen LogP contribution in [0.5, 0.6) is 0 Å². The minimum atomic E-state index is 0.273. The lowest BCUT2D eigenvalue weighted by Gasteiger charge is -2.09. The predicted octanol–water partition coefficient (Wildman–Crippen LogP) is 3.85. The van der Waals surface area contributed by atoms with Crippen LogP contribution in [0.15, 0.2) is 79.9 Å². The highest BCUT2D eigenvalue weighted by Gasteiger charge is 2.08. The fraction of sp³-hybridized carbons (Fsp3) is 0. The molecule has 3 rings (SSSR count). The van der Waals surface area contributed by atoms with Gasteiger partial charge in [0, 0.05) is 10.9 Å². The van der Waals surface area contributed by atoms with E-state index in [2.05, 4.69) is 29.2 Å². The topological polar surface area (TPSA) is 25.8 Å². The lowest BCUT2D eigenvalue weighted by molar-refractivity contribution is 1.30. The molecule has 0 spiro atoms. The van der Waals surface area contributed by atoms with E-state index in [1.807, 2.05) is 54.6 Å². The molecule has 2 radical (unpaired) electrons. The lowest BCUT2D eigenvalue weighted by atomic mass is 9.98. The molecule has 0 atom stereocenters. The normalized spacial score (nSPS) is 11.4. The van der Waals surface area contributed by atoms with Gasteiger partial charge in [-0.05, 0) is 23.3 Å². The van der Waals surface area contributed by atoms with E-state index in [9.17, 15) is 0 Å². The van der Waals surface area contributed by atoms with Crippen LogP contribution in [0.25, 0.3) is 27.7 Å². The van der Waals surface area contributed by atoms with Gasteiger partial charge in [-0.25, -0.2) is 9.97 Å². The van der Waals surface area contributed by atoms with Gasteiger partial charge >= 0.3 is 0 Å². The molecule has 3 aromatic rings. The molecule has 0 saturated carbocycles. The Hall–Kier alpha value is -2.94. The highest BCUT2D eigenvalue weighted by atomic mass is 14.9. The zero-order chi connectivity index (χ0) is 16.2. The molecule has 0 bridgehead atoms. The van der Waals surface area contributed by atoms with E-state index in [1.165, 1.54) is 0 Å². The average molecular weight is 294 g/mol. The second-order valence-electron chi connectivity index (χ2n) is 5.09. The second kappa shape index (κ2) is 6.45. The number of aromatic nitrogens is 2. The molecule has 108 valence electrons. The standard InChI is InChI=1S/C20H15BN2/c1-3-8-14(4-2)15-9-7-10-16(13-15)19-17-11-5-6-12-18(17)22-20(21)23-19/h3-13H,1-2H2/b14-8+. The smallest absolute Gasteiger partial charge is 0.170 e. The van der Waals surface area contributed by atoms with E-state index >= 15 is 0 Å². The first-order valence-corrected chi connectivity index (χ1v) is 7.31. The highest BCUT2D eigenvalue weighted by Crippen LogP contribution is 2.27. The number of benzene rings is 2. The molecule has 0 amide bonds. The SMILES string of the molecule is [B]c1nc(-c2cccc(/C(C=C)=C/C=C)c2)c2ccccc2n1. The van der Waals surface area contributed by atoms with Gasteiger partial charge in [0.05, 0.1) is 16.9 Å². The van der Waals surface area contributed by atoms with Crippen molar-refractivity contribution in [1.29, 1.82) is 0 Å². The number of nitrogens with zero attached hydrogens (tertiary/aromatic N) is 2. The summed E-state index contributed by atoms with van der Waals surface area (Å²) in [5.74, 6) is 0. The predicted molar refractivity (Wildman–Crippen MR) is 98.7 cm³/mol. The quantitative estimate of drug-likeness (QED) is 0.539. The molecular weight excluding hydrogens is 279 g/mol. The minimum absolute atomic E-state index is 0.273. The van der Waals surface area contributed by atoms with Crippen LogP contribution in [0.3, 0.4) is 0 Å². The van der Waals surface area contributed by atoms with Gasteiger partial charge in [0.1, 0.15) is 0 Å². The van der Waals surface area contributed by atoms with Crippen LogP contribution in [0.4, 0.5) is 0 Å². The van der Waals surface area contributed by atoms with Gasteiger partial charge < -0.3 is 0 Å². The molecule has 0 saturated heterocycles. The van der Waals surface area contributed by atoms with Crippen molar-refractivity contribution in [2.24, 2.45) is 0 Å². The number of hydrogen-bond donors (Lipinski definition) is 0.